The van der Waals surface area contributed by atoms with Crippen LogP contribution in [0.2, 0.25) is 0 Å². The van der Waals surface area contributed by atoms with E-state index in [9.17, 15) is 9.90 Å². The minimum absolute atomic E-state index is 0.0746. The lowest BCUT2D eigenvalue weighted by atomic mass is 10.2. The first-order valence-corrected chi connectivity index (χ1v) is 5.26. The number of alkyl halides is 1. The number of benzene rings is 1. The van der Waals surface area contributed by atoms with Crippen LogP contribution in [-0.4, -0.2) is 16.9 Å². The normalized spacial score (nSPS) is 9.86. The van der Waals surface area contributed by atoms with Gasteiger partial charge in [0.15, 0.2) is 0 Å². The second-order valence-corrected chi connectivity index (χ2v) is 3.87. The van der Waals surface area contributed by atoms with Crippen molar-refractivity contribution in [3.8, 4) is 5.75 Å². The molecular weight excluding hydrogens is 269 g/mol. The molecule has 0 saturated carbocycles. The molecule has 0 saturated heterocycles. The molecule has 0 aromatic heterocycles. The van der Waals surface area contributed by atoms with Crippen LogP contribution in [0.5, 0.6) is 5.75 Å². The standard InChI is InChI=1S/C9H9BrClNO2/c10-7-1-2-8(13)6(3-7)5-12-9(14)4-11/h1-3,13H,4-5H2,(H,12,14). The van der Waals surface area contributed by atoms with Crippen molar-refractivity contribution >= 4 is 33.4 Å². The Kier molecular flexibility index (Phi) is 4.22. The van der Waals surface area contributed by atoms with Crippen molar-refractivity contribution in [1.29, 1.82) is 0 Å². The largest absolute Gasteiger partial charge is 0.508 e. The van der Waals surface area contributed by atoms with Crippen LogP contribution >= 0.6 is 27.5 Å². The van der Waals surface area contributed by atoms with Gasteiger partial charge in [0, 0.05) is 16.6 Å². The van der Waals surface area contributed by atoms with E-state index in [1.165, 1.54) is 0 Å². The van der Waals surface area contributed by atoms with E-state index >= 15 is 0 Å². The Morgan fingerprint density at radius 3 is 2.93 bits per heavy atom. The Morgan fingerprint density at radius 2 is 2.29 bits per heavy atom. The molecule has 0 radical (unpaired) electrons. The van der Waals surface area contributed by atoms with Crippen LogP contribution in [0, 0.1) is 0 Å². The van der Waals surface area contributed by atoms with Gasteiger partial charge >= 0.3 is 0 Å². The quantitative estimate of drug-likeness (QED) is 0.831. The van der Waals surface area contributed by atoms with E-state index in [1.54, 1.807) is 18.2 Å². The van der Waals surface area contributed by atoms with Gasteiger partial charge < -0.3 is 10.4 Å². The van der Waals surface area contributed by atoms with Gasteiger partial charge in [0.2, 0.25) is 5.91 Å². The fraction of sp³-hybridized carbons (Fsp3) is 0.222. The van der Waals surface area contributed by atoms with E-state index in [0.717, 1.165) is 4.47 Å². The van der Waals surface area contributed by atoms with Gasteiger partial charge in [0.05, 0.1) is 0 Å². The van der Waals surface area contributed by atoms with Gasteiger partial charge in [0.1, 0.15) is 11.6 Å². The number of carbonyl (C=O) groups is 1. The van der Waals surface area contributed by atoms with Gasteiger partial charge in [-0.25, -0.2) is 0 Å². The molecule has 3 nitrogen and oxygen atoms in total. The number of nitrogens with one attached hydrogen (secondary N) is 1. The zero-order valence-corrected chi connectivity index (χ0v) is 9.60. The number of phenolic OH excluding ortho intramolecular Hbond substituents is 1. The van der Waals surface area contributed by atoms with Crippen LogP contribution in [-0.2, 0) is 11.3 Å². The third-order valence-electron chi connectivity index (χ3n) is 1.64. The molecular formula is C9H9BrClNO2. The summed E-state index contributed by atoms with van der Waals surface area (Å²) in [5, 5.41) is 12.0. The topological polar surface area (TPSA) is 49.3 Å². The maximum absolute atomic E-state index is 10.8. The minimum Gasteiger partial charge on any atom is -0.508 e. The second kappa shape index (κ2) is 5.22. The van der Waals surface area contributed by atoms with E-state index in [-0.39, 0.29) is 24.1 Å². The number of phenols is 1. The van der Waals surface area contributed by atoms with Crippen molar-refractivity contribution in [2.45, 2.75) is 6.54 Å². The number of amides is 1. The van der Waals surface area contributed by atoms with Crippen molar-refractivity contribution in [2.75, 3.05) is 5.88 Å². The molecule has 0 bridgehead atoms. The van der Waals surface area contributed by atoms with Gasteiger partial charge in [-0.05, 0) is 18.2 Å². The van der Waals surface area contributed by atoms with Crippen LogP contribution in [0.25, 0.3) is 0 Å². The molecule has 0 spiro atoms. The highest BCUT2D eigenvalue weighted by Gasteiger charge is 2.03. The number of aromatic hydroxyl groups is 1. The molecule has 1 rings (SSSR count). The Morgan fingerprint density at radius 1 is 1.57 bits per heavy atom. The number of hydrogen-bond acceptors (Lipinski definition) is 2. The summed E-state index contributed by atoms with van der Waals surface area (Å²) in [7, 11) is 0. The Labute approximate surface area is 95.2 Å². The zero-order chi connectivity index (χ0) is 10.6. The summed E-state index contributed by atoms with van der Waals surface area (Å²) in [6.45, 7) is 0.275. The fourth-order valence-corrected chi connectivity index (χ4v) is 1.44. The summed E-state index contributed by atoms with van der Waals surface area (Å²) in [5.74, 6) is -0.177. The molecule has 1 aromatic rings. The molecule has 5 heteroatoms. The molecule has 0 aliphatic carbocycles. The molecule has 1 amide bonds. The molecule has 0 aliphatic rings. The fourth-order valence-electron chi connectivity index (χ4n) is 0.937. The monoisotopic (exact) mass is 277 g/mol. The maximum Gasteiger partial charge on any atom is 0.235 e. The van der Waals surface area contributed by atoms with Crippen molar-refractivity contribution in [3.05, 3.63) is 28.2 Å². The highest BCUT2D eigenvalue weighted by atomic mass is 79.9. The van der Waals surface area contributed by atoms with Gasteiger partial charge in [-0.15, -0.1) is 11.6 Å². The average Bonchev–Trinajstić information content (AvgIpc) is 2.19. The van der Waals surface area contributed by atoms with E-state index in [1.807, 2.05) is 0 Å². The lowest BCUT2D eigenvalue weighted by Gasteiger charge is -2.05. The van der Waals surface area contributed by atoms with E-state index in [0.29, 0.717) is 5.56 Å². The molecule has 0 atom stereocenters. The molecule has 0 aliphatic heterocycles. The number of halogens is 2. The van der Waals surface area contributed by atoms with Crippen molar-refractivity contribution in [3.63, 3.8) is 0 Å². The Bertz CT molecular complexity index is 344. The molecule has 2 N–H and O–H groups in total. The molecule has 0 heterocycles. The van der Waals surface area contributed by atoms with E-state index in [4.69, 9.17) is 11.6 Å². The molecule has 0 unspecified atom stereocenters. The van der Waals surface area contributed by atoms with Gasteiger partial charge in [0.25, 0.3) is 0 Å². The van der Waals surface area contributed by atoms with Crippen LogP contribution < -0.4 is 5.32 Å². The molecule has 1 aromatic carbocycles. The maximum atomic E-state index is 10.8. The van der Waals surface area contributed by atoms with Crippen molar-refractivity contribution in [2.24, 2.45) is 0 Å². The number of hydrogen-bond donors (Lipinski definition) is 2. The first-order chi connectivity index (χ1) is 6.63. The highest BCUT2D eigenvalue weighted by molar-refractivity contribution is 9.10. The molecule has 0 fully saturated rings. The third kappa shape index (κ3) is 3.20. The van der Waals surface area contributed by atoms with Crippen molar-refractivity contribution in [1.82, 2.24) is 5.32 Å². The van der Waals surface area contributed by atoms with Crippen LogP contribution in [0.15, 0.2) is 22.7 Å². The number of rotatable bonds is 3. The van der Waals surface area contributed by atoms with Gasteiger partial charge in [-0.3, -0.25) is 4.79 Å². The first kappa shape index (κ1) is 11.3. The smallest absolute Gasteiger partial charge is 0.235 e. The Balaban J connectivity index is 2.66. The van der Waals surface area contributed by atoms with Gasteiger partial charge in [-0.2, -0.15) is 0 Å². The lowest BCUT2D eigenvalue weighted by molar-refractivity contribution is -0.118. The summed E-state index contributed by atoms with van der Waals surface area (Å²) in [6, 6.07) is 5.03. The summed E-state index contributed by atoms with van der Waals surface area (Å²) in [6.07, 6.45) is 0. The molecule has 76 valence electrons. The first-order valence-electron chi connectivity index (χ1n) is 3.93. The SMILES string of the molecule is O=C(CCl)NCc1cc(Br)ccc1O. The minimum atomic E-state index is -0.258. The average molecular weight is 279 g/mol. The summed E-state index contributed by atoms with van der Waals surface area (Å²) in [5.41, 5.74) is 0.651. The van der Waals surface area contributed by atoms with Crippen LogP contribution in [0.4, 0.5) is 0 Å². The van der Waals surface area contributed by atoms with E-state index in [2.05, 4.69) is 21.2 Å². The van der Waals surface area contributed by atoms with Crippen LogP contribution in [0.1, 0.15) is 5.56 Å². The van der Waals surface area contributed by atoms with Gasteiger partial charge in [-0.1, -0.05) is 15.9 Å². The van der Waals surface area contributed by atoms with Crippen molar-refractivity contribution < 1.29 is 9.90 Å². The summed E-state index contributed by atoms with van der Waals surface area (Å²) in [4.78, 5) is 10.8. The highest BCUT2D eigenvalue weighted by Crippen LogP contribution is 2.21. The Hall–Kier alpha value is -0.740. The van der Waals surface area contributed by atoms with E-state index < -0.39 is 0 Å². The third-order valence-corrected chi connectivity index (χ3v) is 2.37. The predicted molar refractivity (Wildman–Crippen MR) is 58.4 cm³/mol. The lowest BCUT2D eigenvalue weighted by Crippen LogP contribution is -2.23. The molecule has 14 heavy (non-hydrogen) atoms. The second-order valence-electron chi connectivity index (χ2n) is 2.68. The van der Waals surface area contributed by atoms with Crippen LogP contribution in [0.3, 0.4) is 0 Å². The summed E-state index contributed by atoms with van der Waals surface area (Å²) >= 11 is 8.58. The zero-order valence-electron chi connectivity index (χ0n) is 7.26. The number of carbonyl (C=O) groups excluding carboxylic acids is 1. The predicted octanol–water partition coefficient (Wildman–Crippen LogP) is 2.01. The summed E-state index contributed by atoms with van der Waals surface area (Å²) < 4.78 is 0.852.